The second kappa shape index (κ2) is 3.32. The van der Waals surface area contributed by atoms with Crippen LogP contribution in [0.4, 0.5) is 0 Å². The second-order valence-electron chi connectivity index (χ2n) is 4.06. The number of nitrogens with two attached hydrogens (primary N) is 1. The summed E-state index contributed by atoms with van der Waals surface area (Å²) < 4.78 is 0. The van der Waals surface area contributed by atoms with Crippen LogP contribution in [0.5, 0.6) is 0 Å². The van der Waals surface area contributed by atoms with Gasteiger partial charge in [-0.1, -0.05) is 0 Å². The first kappa shape index (κ1) is 8.48. The summed E-state index contributed by atoms with van der Waals surface area (Å²) in [5, 5.41) is 8.66. The Bertz CT molecular complexity index is 151. The van der Waals surface area contributed by atoms with Crippen LogP contribution in [0, 0.1) is 17.8 Å². The third-order valence-corrected chi connectivity index (χ3v) is 3.35. The molecule has 0 aromatic rings. The molecule has 3 heteroatoms. The van der Waals surface area contributed by atoms with Crippen molar-refractivity contribution in [2.24, 2.45) is 23.5 Å². The van der Waals surface area contributed by atoms with Crippen LogP contribution in [-0.4, -0.2) is 42.8 Å². The van der Waals surface area contributed by atoms with Gasteiger partial charge in [0.1, 0.15) is 0 Å². The molecule has 0 amide bonds. The molecule has 2 rings (SSSR count). The smallest absolute Gasteiger partial charge is 0.0443 e. The molecule has 12 heavy (non-hydrogen) atoms. The number of fused-ring (bicyclic) bond motifs is 1. The molecule has 0 aromatic carbocycles. The van der Waals surface area contributed by atoms with Gasteiger partial charge in [0.05, 0.1) is 0 Å². The van der Waals surface area contributed by atoms with Crippen LogP contribution in [0.25, 0.3) is 0 Å². The van der Waals surface area contributed by atoms with Crippen molar-refractivity contribution in [1.29, 1.82) is 0 Å². The number of aliphatic hydroxyl groups is 1. The van der Waals surface area contributed by atoms with Gasteiger partial charge in [-0.05, 0) is 30.7 Å². The van der Waals surface area contributed by atoms with Crippen molar-refractivity contribution in [2.45, 2.75) is 6.42 Å². The van der Waals surface area contributed by atoms with Crippen molar-refractivity contribution in [3.8, 4) is 0 Å². The molecule has 1 heterocycles. The van der Waals surface area contributed by atoms with Crippen LogP contribution in [-0.2, 0) is 0 Å². The zero-order valence-electron chi connectivity index (χ0n) is 7.45. The Balaban J connectivity index is 1.68. The first-order valence-corrected chi connectivity index (χ1v) is 4.90. The van der Waals surface area contributed by atoms with Gasteiger partial charge in [-0.15, -0.1) is 0 Å². The van der Waals surface area contributed by atoms with Crippen LogP contribution in [0.3, 0.4) is 0 Å². The van der Waals surface area contributed by atoms with E-state index in [-0.39, 0.29) is 0 Å². The molecule has 2 aliphatic rings. The predicted molar refractivity (Wildman–Crippen MR) is 47.7 cm³/mol. The highest BCUT2D eigenvalue weighted by molar-refractivity contribution is 5.05. The fraction of sp³-hybridized carbons (Fsp3) is 1.00. The molecule has 1 saturated heterocycles. The maximum absolute atomic E-state index is 8.66. The van der Waals surface area contributed by atoms with E-state index in [1.807, 2.05) is 0 Å². The summed E-state index contributed by atoms with van der Waals surface area (Å²) in [5.74, 6) is 2.62. The molecule has 0 spiro atoms. The zero-order valence-corrected chi connectivity index (χ0v) is 7.45. The molecule has 1 aliphatic heterocycles. The molecule has 0 radical (unpaired) electrons. The minimum absolute atomic E-state index is 0.326. The highest BCUT2D eigenvalue weighted by Crippen LogP contribution is 2.50. The van der Waals surface area contributed by atoms with Gasteiger partial charge >= 0.3 is 0 Å². The predicted octanol–water partition coefficient (Wildman–Crippen LogP) is -0.495. The SMILES string of the molecule is NCC1C2CN(CCCO)CC12. The number of aliphatic hydroxyl groups excluding tert-OH is 1. The summed E-state index contributed by atoms with van der Waals surface area (Å²) in [4.78, 5) is 2.46. The summed E-state index contributed by atoms with van der Waals surface area (Å²) in [6.45, 7) is 4.73. The molecule has 3 nitrogen and oxygen atoms in total. The highest BCUT2D eigenvalue weighted by Gasteiger charge is 2.54. The third kappa shape index (κ3) is 1.37. The van der Waals surface area contributed by atoms with Gasteiger partial charge in [0.15, 0.2) is 0 Å². The zero-order chi connectivity index (χ0) is 8.55. The van der Waals surface area contributed by atoms with Crippen molar-refractivity contribution in [3.05, 3.63) is 0 Å². The summed E-state index contributed by atoms with van der Waals surface area (Å²) >= 11 is 0. The van der Waals surface area contributed by atoms with Crippen molar-refractivity contribution >= 4 is 0 Å². The molecule has 0 bridgehead atoms. The van der Waals surface area contributed by atoms with Gasteiger partial charge in [0.2, 0.25) is 0 Å². The van der Waals surface area contributed by atoms with E-state index in [4.69, 9.17) is 10.8 Å². The molecule has 70 valence electrons. The number of likely N-dealkylation sites (tertiary alicyclic amines) is 1. The lowest BCUT2D eigenvalue weighted by Gasteiger charge is -2.17. The molecular formula is C9H18N2O. The van der Waals surface area contributed by atoms with Crippen LogP contribution in [0.1, 0.15) is 6.42 Å². The number of hydrogen-bond donors (Lipinski definition) is 2. The van der Waals surface area contributed by atoms with E-state index in [1.165, 1.54) is 13.1 Å². The fourth-order valence-electron chi connectivity index (χ4n) is 2.56. The quantitative estimate of drug-likeness (QED) is 0.598. The van der Waals surface area contributed by atoms with Crippen molar-refractivity contribution in [2.75, 3.05) is 32.8 Å². The molecule has 0 aromatic heterocycles. The van der Waals surface area contributed by atoms with Gasteiger partial charge in [0.25, 0.3) is 0 Å². The maximum Gasteiger partial charge on any atom is 0.0443 e. The van der Waals surface area contributed by atoms with Crippen LogP contribution >= 0.6 is 0 Å². The van der Waals surface area contributed by atoms with Gasteiger partial charge in [-0.2, -0.15) is 0 Å². The fourth-order valence-corrected chi connectivity index (χ4v) is 2.56. The molecule has 2 atom stereocenters. The summed E-state index contributed by atoms with van der Waals surface area (Å²) in [6.07, 6.45) is 0.923. The average molecular weight is 170 g/mol. The Morgan fingerprint density at radius 3 is 2.50 bits per heavy atom. The topological polar surface area (TPSA) is 49.5 Å². The van der Waals surface area contributed by atoms with Crippen LogP contribution in [0.15, 0.2) is 0 Å². The van der Waals surface area contributed by atoms with Gasteiger partial charge in [-0.25, -0.2) is 0 Å². The number of piperidine rings is 1. The molecule has 1 aliphatic carbocycles. The largest absolute Gasteiger partial charge is 0.396 e. The van der Waals surface area contributed by atoms with Crippen LogP contribution in [0.2, 0.25) is 0 Å². The monoisotopic (exact) mass is 170 g/mol. The van der Waals surface area contributed by atoms with Gasteiger partial charge < -0.3 is 15.7 Å². The summed E-state index contributed by atoms with van der Waals surface area (Å²) in [6, 6.07) is 0. The van der Waals surface area contributed by atoms with Crippen LogP contribution < -0.4 is 5.73 Å². The molecule has 2 unspecified atom stereocenters. The first-order chi connectivity index (χ1) is 5.86. The minimum Gasteiger partial charge on any atom is -0.396 e. The number of nitrogens with zero attached hydrogens (tertiary/aromatic N) is 1. The average Bonchev–Trinajstić information content (AvgIpc) is 2.56. The Morgan fingerprint density at radius 2 is 2.00 bits per heavy atom. The van der Waals surface area contributed by atoms with E-state index in [0.29, 0.717) is 6.61 Å². The van der Waals surface area contributed by atoms with Crippen molar-refractivity contribution in [1.82, 2.24) is 4.90 Å². The van der Waals surface area contributed by atoms with E-state index < -0.39 is 0 Å². The lowest BCUT2D eigenvalue weighted by Crippen LogP contribution is -2.27. The lowest BCUT2D eigenvalue weighted by atomic mass is 10.2. The van der Waals surface area contributed by atoms with E-state index >= 15 is 0 Å². The third-order valence-electron chi connectivity index (χ3n) is 3.35. The number of rotatable bonds is 4. The Morgan fingerprint density at radius 1 is 1.33 bits per heavy atom. The Labute approximate surface area is 73.5 Å². The number of hydrogen-bond acceptors (Lipinski definition) is 3. The Kier molecular flexibility index (Phi) is 2.35. The van der Waals surface area contributed by atoms with Gasteiger partial charge in [0, 0.05) is 26.2 Å². The van der Waals surface area contributed by atoms with Crippen molar-refractivity contribution < 1.29 is 5.11 Å². The standard InChI is InChI=1S/C9H18N2O/c10-4-7-8-5-11(2-1-3-12)6-9(7)8/h7-9,12H,1-6,10H2. The van der Waals surface area contributed by atoms with Gasteiger partial charge in [-0.3, -0.25) is 0 Å². The van der Waals surface area contributed by atoms with E-state index in [9.17, 15) is 0 Å². The molecular weight excluding hydrogens is 152 g/mol. The summed E-state index contributed by atoms with van der Waals surface area (Å²) in [5.41, 5.74) is 5.61. The summed E-state index contributed by atoms with van der Waals surface area (Å²) in [7, 11) is 0. The molecule has 2 fully saturated rings. The van der Waals surface area contributed by atoms with E-state index in [1.54, 1.807) is 0 Å². The molecule has 1 saturated carbocycles. The maximum atomic E-state index is 8.66. The minimum atomic E-state index is 0.326. The first-order valence-electron chi connectivity index (χ1n) is 4.90. The van der Waals surface area contributed by atoms with Crippen molar-refractivity contribution in [3.63, 3.8) is 0 Å². The normalized spacial score (nSPS) is 40.0. The van der Waals surface area contributed by atoms with E-state index in [2.05, 4.69) is 4.90 Å². The highest BCUT2D eigenvalue weighted by atomic mass is 16.3. The Hall–Kier alpha value is -0.120. The lowest BCUT2D eigenvalue weighted by molar-refractivity contribution is 0.230. The second-order valence-corrected chi connectivity index (χ2v) is 4.06. The molecule has 3 N–H and O–H groups in total. The van der Waals surface area contributed by atoms with E-state index in [0.717, 1.165) is 37.3 Å².